The zero-order valence-corrected chi connectivity index (χ0v) is 9.60. The summed E-state index contributed by atoms with van der Waals surface area (Å²) in [6, 6.07) is 0. The Morgan fingerprint density at radius 3 is 2.14 bits per heavy atom. The third-order valence-corrected chi connectivity index (χ3v) is 5.79. The molecule has 14 heavy (non-hydrogen) atoms. The second-order valence-electron chi connectivity index (χ2n) is 6.83. The van der Waals surface area contributed by atoms with Crippen LogP contribution in [-0.2, 0) is 0 Å². The molecule has 3 fully saturated rings. The SMILES string of the molecule is [B]C12CCCC3(C)CCC(C)(CC1)C23. The monoisotopic (exact) mass is 188 g/mol. The standard InChI is InChI=1S/C13H21B/c1-11-4-3-5-13(14)9-8-12(2,7-6-11)10(11)13/h10H,3-9H2,1-2H3. The Balaban J connectivity index is 2.07. The second-order valence-corrected chi connectivity index (χ2v) is 6.83. The van der Waals surface area contributed by atoms with Crippen LogP contribution in [-0.4, -0.2) is 7.85 Å². The molecular formula is C13H21B. The molecule has 0 aromatic carbocycles. The van der Waals surface area contributed by atoms with Gasteiger partial charge in [0, 0.05) is 0 Å². The fourth-order valence-electron chi connectivity index (χ4n) is 5.38. The van der Waals surface area contributed by atoms with Crippen LogP contribution in [0.3, 0.4) is 0 Å². The van der Waals surface area contributed by atoms with Crippen molar-refractivity contribution in [3.63, 3.8) is 0 Å². The predicted molar refractivity (Wildman–Crippen MR) is 60.5 cm³/mol. The molecule has 4 unspecified atom stereocenters. The van der Waals surface area contributed by atoms with Crippen LogP contribution < -0.4 is 0 Å². The molecule has 2 radical (unpaired) electrons. The summed E-state index contributed by atoms with van der Waals surface area (Å²) in [5.41, 5.74) is 1.20. The normalized spacial score (nSPS) is 61.4. The summed E-state index contributed by atoms with van der Waals surface area (Å²) in [5.74, 6) is 0.830. The van der Waals surface area contributed by atoms with Crippen LogP contribution in [0.25, 0.3) is 0 Å². The highest BCUT2D eigenvalue weighted by atomic mass is 14.7. The summed E-state index contributed by atoms with van der Waals surface area (Å²) in [4.78, 5) is 0. The Labute approximate surface area is 89.3 Å². The average Bonchev–Trinajstić information content (AvgIpc) is 2.53. The molecule has 76 valence electrons. The summed E-state index contributed by atoms with van der Waals surface area (Å²) in [7, 11) is 6.66. The van der Waals surface area contributed by atoms with Crippen molar-refractivity contribution in [2.24, 2.45) is 16.7 Å². The largest absolute Gasteiger partial charge is 0.0750 e. The molecule has 3 rings (SSSR count). The van der Waals surface area contributed by atoms with Gasteiger partial charge in [-0.05, 0) is 42.4 Å². The minimum Gasteiger partial charge on any atom is -0.0622 e. The minimum atomic E-state index is 0.220. The fraction of sp³-hybridized carbons (Fsp3) is 1.00. The van der Waals surface area contributed by atoms with E-state index in [1.165, 1.54) is 44.9 Å². The van der Waals surface area contributed by atoms with Gasteiger partial charge in [-0.1, -0.05) is 38.4 Å². The molecule has 4 atom stereocenters. The molecule has 0 saturated heterocycles. The van der Waals surface area contributed by atoms with E-state index in [0.29, 0.717) is 10.8 Å². The molecule has 0 aromatic heterocycles. The molecule has 0 aliphatic heterocycles. The van der Waals surface area contributed by atoms with Crippen molar-refractivity contribution >= 4 is 7.85 Å². The maximum atomic E-state index is 6.66. The first-order valence-electron chi connectivity index (χ1n) is 6.28. The number of hydrogen-bond acceptors (Lipinski definition) is 0. The molecule has 3 aliphatic rings. The van der Waals surface area contributed by atoms with Gasteiger partial charge < -0.3 is 0 Å². The molecule has 3 saturated carbocycles. The summed E-state index contributed by atoms with van der Waals surface area (Å²) in [6.45, 7) is 5.01. The average molecular weight is 188 g/mol. The lowest BCUT2D eigenvalue weighted by molar-refractivity contribution is 0.0754. The summed E-state index contributed by atoms with van der Waals surface area (Å²) in [5, 5.41) is 0.220. The fourth-order valence-corrected chi connectivity index (χ4v) is 5.38. The van der Waals surface area contributed by atoms with Crippen LogP contribution in [0.4, 0.5) is 0 Å². The maximum absolute atomic E-state index is 6.66. The first kappa shape index (κ1) is 9.30. The first-order valence-corrected chi connectivity index (χ1v) is 6.28. The Kier molecular flexibility index (Phi) is 1.60. The quantitative estimate of drug-likeness (QED) is 0.508. The van der Waals surface area contributed by atoms with Crippen LogP contribution in [0.15, 0.2) is 0 Å². The van der Waals surface area contributed by atoms with Crippen LogP contribution in [0.2, 0.25) is 5.31 Å². The Morgan fingerprint density at radius 1 is 0.857 bits per heavy atom. The van der Waals surface area contributed by atoms with Gasteiger partial charge in [0.25, 0.3) is 0 Å². The number of hydrogen-bond donors (Lipinski definition) is 0. The van der Waals surface area contributed by atoms with Crippen molar-refractivity contribution in [2.45, 2.75) is 64.1 Å². The molecular weight excluding hydrogens is 167 g/mol. The molecule has 0 aromatic rings. The third kappa shape index (κ3) is 0.920. The van der Waals surface area contributed by atoms with Gasteiger partial charge in [0.05, 0.1) is 7.85 Å². The van der Waals surface area contributed by atoms with Gasteiger partial charge in [0.15, 0.2) is 0 Å². The lowest BCUT2D eigenvalue weighted by Gasteiger charge is -2.49. The van der Waals surface area contributed by atoms with Crippen LogP contribution in [0.1, 0.15) is 58.8 Å². The van der Waals surface area contributed by atoms with E-state index in [0.717, 1.165) is 5.92 Å². The van der Waals surface area contributed by atoms with Crippen molar-refractivity contribution in [3.8, 4) is 0 Å². The first-order chi connectivity index (χ1) is 6.49. The van der Waals surface area contributed by atoms with Gasteiger partial charge in [0.1, 0.15) is 0 Å². The lowest BCUT2D eigenvalue weighted by Crippen LogP contribution is -2.39. The molecule has 3 aliphatic carbocycles. The second kappa shape index (κ2) is 2.41. The Bertz CT molecular complexity index is 250. The molecule has 0 nitrogen and oxygen atoms in total. The van der Waals surface area contributed by atoms with Crippen LogP contribution in [0.5, 0.6) is 0 Å². The molecule has 0 bridgehead atoms. The van der Waals surface area contributed by atoms with Gasteiger partial charge in [-0.15, -0.1) is 0 Å². The van der Waals surface area contributed by atoms with Crippen molar-refractivity contribution < 1.29 is 0 Å². The van der Waals surface area contributed by atoms with Crippen molar-refractivity contribution in [2.75, 3.05) is 0 Å². The molecule has 1 heteroatoms. The summed E-state index contributed by atoms with van der Waals surface area (Å²) < 4.78 is 0. The molecule has 0 amide bonds. The summed E-state index contributed by atoms with van der Waals surface area (Å²) >= 11 is 0. The van der Waals surface area contributed by atoms with E-state index in [2.05, 4.69) is 13.8 Å². The lowest BCUT2D eigenvalue weighted by atomic mass is 9.48. The molecule has 0 heterocycles. The highest BCUT2D eigenvalue weighted by molar-refractivity contribution is 6.15. The van der Waals surface area contributed by atoms with Crippen LogP contribution in [0, 0.1) is 16.7 Å². The van der Waals surface area contributed by atoms with Crippen molar-refractivity contribution in [1.29, 1.82) is 0 Å². The van der Waals surface area contributed by atoms with E-state index in [1.54, 1.807) is 0 Å². The molecule has 0 spiro atoms. The predicted octanol–water partition coefficient (Wildman–Crippen LogP) is 3.71. The topological polar surface area (TPSA) is 0 Å². The highest BCUT2D eigenvalue weighted by Crippen LogP contribution is 2.75. The minimum absolute atomic E-state index is 0.220. The Hall–Kier alpha value is 0.0649. The third-order valence-electron chi connectivity index (χ3n) is 5.79. The Morgan fingerprint density at radius 2 is 1.43 bits per heavy atom. The van der Waals surface area contributed by atoms with Crippen molar-refractivity contribution in [3.05, 3.63) is 0 Å². The van der Waals surface area contributed by atoms with E-state index in [-0.39, 0.29) is 5.31 Å². The van der Waals surface area contributed by atoms with E-state index < -0.39 is 0 Å². The zero-order valence-electron chi connectivity index (χ0n) is 9.60. The maximum Gasteiger partial charge on any atom is 0.0750 e. The van der Waals surface area contributed by atoms with Gasteiger partial charge in [-0.3, -0.25) is 0 Å². The van der Waals surface area contributed by atoms with Gasteiger partial charge >= 0.3 is 0 Å². The zero-order chi connectivity index (χ0) is 10.0. The van der Waals surface area contributed by atoms with Crippen molar-refractivity contribution in [1.82, 2.24) is 0 Å². The van der Waals surface area contributed by atoms with Gasteiger partial charge in [-0.25, -0.2) is 0 Å². The van der Waals surface area contributed by atoms with E-state index in [1.807, 2.05) is 0 Å². The van der Waals surface area contributed by atoms with Gasteiger partial charge in [-0.2, -0.15) is 0 Å². The van der Waals surface area contributed by atoms with Crippen LogP contribution >= 0.6 is 0 Å². The smallest absolute Gasteiger partial charge is 0.0622 e. The van der Waals surface area contributed by atoms with E-state index in [9.17, 15) is 0 Å². The van der Waals surface area contributed by atoms with Gasteiger partial charge in [0.2, 0.25) is 0 Å². The molecule has 0 N–H and O–H groups in total. The number of rotatable bonds is 0. The van der Waals surface area contributed by atoms with E-state index in [4.69, 9.17) is 7.85 Å². The summed E-state index contributed by atoms with van der Waals surface area (Å²) in [6.07, 6.45) is 9.67. The highest BCUT2D eigenvalue weighted by Gasteiger charge is 2.63. The van der Waals surface area contributed by atoms with E-state index >= 15 is 0 Å².